The summed E-state index contributed by atoms with van der Waals surface area (Å²) in [6.45, 7) is 2.00. The zero-order chi connectivity index (χ0) is 18.1. The van der Waals surface area contributed by atoms with Crippen molar-refractivity contribution in [2.75, 3.05) is 11.1 Å². The Bertz CT molecular complexity index is 1120. The van der Waals surface area contributed by atoms with E-state index in [4.69, 9.17) is 5.73 Å². The minimum atomic E-state index is -0.364. The van der Waals surface area contributed by atoms with E-state index in [1.54, 1.807) is 12.1 Å². The number of carbonyl (C=O) groups excluding carboxylic acids is 1. The lowest BCUT2D eigenvalue weighted by molar-refractivity contribution is 0.102. The summed E-state index contributed by atoms with van der Waals surface area (Å²) in [6, 6.07) is 15.0. The number of nitrogen functional groups attached to an aromatic ring is 1. The van der Waals surface area contributed by atoms with E-state index in [0.717, 1.165) is 16.6 Å². The number of nitrogens with zero attached hydrogens (tertiary/aromatic N) is 3. The average molecular weight is 350 g/mol. The molecule has 0 aliphatic heterocycles. The van der Waals surface area contributed by atoms with Crippen molar-refractivity contribution in [3.8, 4) is 11.5 Å². The number of nitrogens with two attached hydrogens (primary N) is 1. The number of carbonyl (C=O) groups is 1. The molecule has 134 valence electrons. The predicted molar refractivity (Wildman–Crippen MR) is 107 cm³/mol. The van der Waals surface area contributed by atoms with E-state index in [1.165, 1.54) is 6.20 Å². The molecule has 0 saturated carbocycles. The van der Waals surface area contributed by atoms with Crippen molar-refractivity contribution in [3.63, 3.8) is 0 Å². The number of imidazole rings is 1. The van der Waals surface area contributed by atoms with E-state index in [1.807, 2.05) is 43.3 Å². The van der Waals surface area contributed by atoms with Gasteiger partial charge in [-0.1, -0.05) is 24.3 Å². The second kappa shape index (κ2) is 6.29. The molecule has 0 radical (unpaired) electrons. The molecule has 2 heterocycles. The fourth-order valence-corrected chi connectivity index (χ4v) is 2.63. The minimum Gasteiger partial charge on any atom is -0.382 e. The maximum Gasteiger partial charge on any atom is 0.275 e. The number of fused-ring (bicyclic) bond motifs is 1. The number of aryl methyl sites for hydroxylation is 1. The first-order valence-electron chi connectivity index (χ1n) is 8.06. The maximum absolute atomic E-state index is 12.4. The van der Waals surface area contributed by atoms with Gasteiger partial charge in [0, 0.05) is 9.97 Å². The molecule has 0 aliphatic rings. The molecule has 7 heteroatoms. The van der Waals surface area contributed by atoms with Gasteiger partial charge in [-0.3, -0.25) is 4.79 Å². The molecule has 2 aromatic carbocycles. The Labute approximate surface area is 153 Å². The Morgan fingerprint density at radius 3 is 2.77 bits per heavy atom. The number of hydrogen-bond donors (Lipinski definition) is 3. The van der Waals surface area contributed by atoms with Gasteiger partial charge in [0.15, 0.2) is 11.6 Å². The molecule has 7 nitrogen and oxygen atoms in total. The van der Waals surface area contributed by atoms with Crippen molar-refractivity contribution in [1.82, 2.24) is 19.9 Å². The van der Waals surface area contributed by atoms with Gasteiger partial charge in [-0.15, -0.1) is 0 Å². The lowest BCUT2D eigenvalue weighted by Gasteiger charge is -2.06. The van der Waals surface area contributed by atoms with E-state index >= 15 is 0 Å². The summed E-state index contributed by atoms with van der Waals surface area (Å²) >= 11 is 0. The van der Waals surface area contributed by atoms with Crippen LogP contribution in [0.2, 0.25) is 0 Å². The number of rotatable bonds is 3. The number of anilines is 2. The molecule has 0 atom stereocenters. The number of nitrogens with one attached hydrogen (secondary N) is 2. The number of H-pyrrole nitrogens is 1. The summed E-state index contributed by atoms with van der Waals surface area (Å²) in [4.78, 5) is 28.6. The third-order valence-electron chi connectivity index (χ3n) is 3.93. The summed E-state index contributed by atoms with van der Waals surface area (Å²) < 4.78 is 0. The van der Waals surface area contributed by atoms with Crippen molar-refractivity contribution in [1.29, 1.82) is 0 Å². The van der Waals surface area contributed by atoms with Gasteiger partial charge < -0.3 is 16.0 Å². The molecule has 26 heavy (non-hydrogen) atoms. The van der Waals surface area contributed by atoms with Gasteiger partial charge in [0.25, 0.3) is 5.91 Å². The van der Waals surface area contributed by atoms with Crippen molar-refractivity contribution in [2.45, 2.75) is 6.92 Å². The maximum atomic E-state index is 12.4. The highest BCUT2D eigenvalue weighted by Gasteiger charge is 2.16. The first-order chi connectivity index (χ1) is 12.6. The van der Waals surface area contributed by atoms with E-state index in [0.29, 0.717) is 17.2 Å². The third-order valence-corrected chi connectivity index (χ3v) is 3.93. The monoisotopic (exact) mass is 350 g/mol. The first-order valence-corrected chi connectivity index (χ1v) is 8.06. The number of aromatic amines is 1. The van der Waals surface area contributed by atoms with Gasteiger partial charge in [-0.05, 0) is 36.8 Å². The van der Waals surface area contributed by atoms with Crippen molar-refractivity contribution in [3.05, 3.63) is 66.0 Å². The van der Waals surface area contributed by atoms with Crippen LogP contribution in [0, 0.1) is 6.92 Å². The Morgan fingerprint density at radius 1 is 1.15 bits per heavy atom. The quantitative estimate of drug-likeness (QED) is 0.519. The van der Waals surface area contributed by atoms with Gasteiger partial charge in [-0.25, -0.2) is 15.0 Å². The molecule has 4 aromatic rings. The van der Waals surface area contributed by atoms with Crippen molar-refractivity contribution < 1.29 is 9.07 Å². The predicted octanol–water partition coefficient (Wildman–Crippen LogP) is 3.90. The molecule has 0 unspecified atom stereocenters. The highest BCUT2D eigenvalue weighted by molar-refractivity contribution is 6.03. The van der Waals surface area contributed by atoms with Crippen LogP contribution < -0.4 is 11.1 Å². The smallest absolute Gasteiger partial charge is 0.275 e. The summed E-state index contributed by atoms with van der Waals surface area (Å²) in [6.07, 6.45) is 1.35. The molecule has 0 aliphatic carbocycles. The Balaban J connectivity index is 0.00000140. The molecule has 0 bridgehead atoms. The van der Waals surface area contributed by atoms with Crippen LogP contribution in [0.1, 0.15) is 20.3 Å². The first kappa shape index (κ1) is 15.8. The third kappa shape index (κ3) is 2.98. The number of aromatic nitrogens is 4. The van der Waals surface area contributed by atoms with Gasteiger partial charge in [0.05, 0.1) is 17.2 Å². The highest BCUT2D eigenvalue weighted by Crippen LogP contribution is 2.23. The summed E-state index contributed by atoms with van der Waals surface area (Å²) in [7, 11) is 0. The lowest BCUT2D eigenvalue weighted by Crippen LogP contribution is -2.15. The molecule has 0 fully saturated rings. The topological polar surface area (TPSA) is 110 Å². The molecule has 4 N–H and O–H groups in total. The number of para-hydroxylation sites is 1. The average Bonchev–Trinajstić information content (AvgIpc) is 3.05. The molecular weight excluding hydrogens is 328 g/mol. The van der Waals surface area contributed by atoms with Crippen LogP contribution in [0.5, 0.6) is 0 Å². The van der Waals surface area contributed by atoms with Crippen LogP contribution in [-0.2, 0) is 0 Å². The summed E-state index contributed by atoms with van der Waals surface area (Å²) in [5, 5.41) is 2.78. The summed E-state index contributed by atoms with van der Waals surface area (Å²) in [5.41, 5.74) is 9.93. The van der Waals surface area contributed by atoms with Gasteiger partial charge in [0.1, 0.15) is 11.4 Å². The van der Waals surface area contributed by atoms with Crippen molar-refractivity contribution >= 4 is 28.4 Å². The summed E-state index contributed by atoms with van der Waals surface area (Å²) in [5.74, 6) is 0.318. The van der Waals surface area contributed by atoms with E-state index < -0.39 is 0 Å². The van der Waals surface area contributed by atoms with Crippen LogP contribution in [0.15, 0.2) is 54.7 Å². The van der Waals surface area contributed by atoms with Crippen LogP contribution in [0.4, 0.5) is 11.5 Å². The fourth-order valence-electron chi connectivity index (χ4n) is 2.63. The van der Waals surface area contributed by atoms with E-state index in [2.05, 4.69) is 25.3 Å². The Kier molecular flexibility index (Phi) is 3.81. The largest absolute Gasteiger partial charge is 0.382 e. The SMILES string of the molecule is Cc1ccc2nc(-c3nc(C(=O)Nc4ccccc4)cnc3N)[nH]c2c1.[HH].[HH].[HH]. The van der Waals surface area contributed by atoms with Crippen LogP contribution in [0.25, 0.3) is 22.6 Å². The standard InChI is InChI=1S/C19H16N6O.3H2/c1-11-7-8-13-14(9-11)25-18(24-13)16-17(20)21-10-15(23-16)19(26)22-12-5-3-2-4-6-12;;;/h2-10H,1H3,(H2,20,21)(H,22,26)(H,24,25);3*1H. The van der Waals surface area contributed by atoms with Gasteiger partial charge in [-0.2, -0.15) is 0 Å². The number of benzene rings is 2. The molecular formula is C19H22N6O. The van der Waals surface area contributed by atoms with Crippen LogP contribution in [0.3, 0.4) is 0 Å². The van der Waals surface area contributed by atoms with E-state index in [-0.39, 0.29) is 21.7 Å². The van der Waals surface area contributed by atoms with Gasteiger partial charge >= 0.3 is 0 Å². The normalized spacial score (nSPS) is 10.8. The van der Waals surface area contributed by atoms with Crippen LogP contribution in [-0.4, -0.2) is 25.8 Å². The van der Waals surface area contributed by atoms with E-state index in [9.17, 15) is 4.79 Å². The Morgan fingerprint density at radius 2 is 1.96 bits per heavy atom. The second-order valence-corrected chi connectivity index (χ2v) is 5.92. The molecule has 1 amide bonds. The van der Waals surface area contributed by atoms with Crippen molar-refractivity contribution in [2.24, 2.45) is 0 Å². The van der Waals surface area contributed by atoms with Gasteiger partial charge in [0.2, 0.25) is 0 Å². The fraction of sp³-hybridized carbons (Fsp3) is 0.0526. The Hall–Kier alpha value is -3.74. The molecule has 0 spiro atoms. The highest BCUT2D eigenvalue weighted by atomic mass is 16.1. The molecule has 4 rings (SSSR count). The lowest BCUT2D eigenvalue weighted by atomic mass is 10.2. The number of amides is 1. The minimum absolute atomic E-state index is 0. The molecule has 0 saturated heterocycles. The number of hydrogen-bond acceptors (Lipinski definition) is 5. The van der Waals surface area contributed by atoms with Crippen LogP contribution >= 0.6 is 0 Å². The second-order valence-electron chi connectivity index (χ2n) is 5.92. The molecule has 2 aromatic heterocycles. The zero-order valence-electron chi connectivity index (χ0n) is 14.0. The zero-order valence-corrected chi connectivity index (χ0v) is 14.0.